The Labute approximate surface area is 349 Å². The van der Waals surface area contributed by atoms with Crippen molar-refractivity contribution in [3.8, 4) is 0 Å². The van der Waals surface area contributed by atoms with Crippen molar-refractivity contribution < 1.29 is 77.2 Å². The molecule has 5 atom stereocenters. The molecule has 6 amide bonds. The maximum atomic E-state index is 12.3. The summed E-state index contributed by atoms with van der Waals surface area (Å²) in [4.78, 5) is 60.3. The van der Waals surface area contributed by atoms with Crippen LogP contribution in [0.5, 0.6) is 0 Å². The van der Waals surface area contributed by atoms with Gasteiger partial charge in [-0.15, -0.1) is 0 Å². The number of ether oxygens (including phenoxy) is 8. The lowest BCUT2D eigenvalue weighted by molar-refractivity contribution is -0.197. The van der Waals surface area contributed by atoms with Crippen molar-refractivity contribution in [2.24, 2.45) is 0 Å². The Morgan fingerprint density at radius 2 is 1.08 bits per heavy atom. The Morgan fingerprint density at radius 1 is 0.633 bits per heavy atom. The fourth-order valence-corrected chi connectivity index (χ4v) is 5.84. The molecule has 338 valence electrons. The first-order chi connectivity index (χ1) is 29.1. The molecule has 1 aromatic carbocycles. The molecule has 0 aliphatic carbocycles. The zero-order chi connectivity index (χ0) is 43.4. The summed E-state index contributed by atoms with van der Waals surface area (Å²) in [6, 6.07) is 5.03. The van der Waals surface area contributed by atoms with Gasteiger partial charge in [-0.05, 0) is 37.1 Å². The molecule has 0 spiro atoms. The lowest BCUT2D eigenvalue weighted by atomic mass is 9.90. The SMILES string of the molecule is CC(=O)N[C@@H]1[C@@H](O)[C@@H](O)[C@@H](CO)O[C@@H]1CCCOCCOCCNC(=O)NCCOCCOCCOCCOCCOCCNC(=O)c1ccc(N2C(=O)C=CC2=O)cc1. The van der Waals surface area contributed by atoms with E-state index in [1.807, 2.05) is 0 Å². The molecule has 21 heteroatoms. The number of hydrogen-bond acceptors (Lipinski definition) is 16. The van der Waals surface area contributed by atoms with Crippen molar-refractivity contribution in [2.45, 2.75) is 50.2 Å². The third-order valence-electron chi connectivity index (χ3n) is 8.83. The minimum atomic E-state index is -1.31. The van der Waals surface area contributed by atoms with Gasteiger partial charge in [0.15, 0.2) is 0 Å². The molecule has 60 heavy (non-hydrogen) atoms. The number of aliphatic hydroxyl groups is 3. The summed E-state index contributed by atoms with van der Waals surface area (Å²) in [6.07, 6.45) is -0.719. The van der Waals surface area contributed by atoms with Crippen LogP contribution >= 0.6 is 0 Å². The Balaban J connectivity index is 1.00. The number of amides is 6. The van der Waals surface area contributed by atoms with Crippen LogP contribution in [0.4, 0.5) is 10.5 Å². The van der Waals surface area contributed by atoms with E-state index >= 15 is 0 Å². The molecule has 3 rings (SSSR count). The van der Waals surface area contributed by atoms with Crippen LogP contribution in [-0.4, -0.2) is 194 Å². The van der Waals surface area contributed by atoms with Gasteiger partial charge in [-0.1, -0.05) is 0 Å². The molecule has 2 aliphatic rings. The average molecular weight is 856 g/mol. The molecule has 1 aromatic rings. The third-order valence-corrected chi connectivity index (χ3v) is 8.83. The molecule has 1 fully saturated rings. The van der Waals surface area contributed by atoms with Crippen molar-refractivity contribution in [3.05, 3.63) is 42.0 Å². The van der Waals surface area contributed by atoms with Crippen molar-refractivity contribution in [1.29, 1.82) is 0 Å². The highest BCUT2D eigenvalue weighted by Crippen LogP contribution is 2.24. The van der Waals surface area contributed by atoms with Gasteiger partial charge < -0.3 is 74.5 Å². The van der Waals surface area contributed by atoms with E-state index in [0.717, 1.165) is 4.90 Å². The summed E-state index contributed by atoms with van der Waals surface area (Å²) in [5, 5.41) is 40.6. The summed E-state index contributed by atoms with van der Waals surface area (Å²) >= 11 is 0. The van der Waals surface area contributed by atoms with Gasteiger partial charge in [0.1, 0.15) is 18.3 Å². The number of benzene rings is 1. The van der Waals surface area contributed by atoms with Crippen molar-refractivity contribution in [3.63, 3.8) is 0 Å². The molecule has 0 saturated carbocycles. The second-order valence-corrected chi connectivity index (χ2v) is 13.4. The Morgan fingerprint density at radius 3 is 1.55 bits per heavy atom. The van der Waals surface area contributed by atoms with E-state index < -0.39 is 48.9 Å². The van der Waals surface area contributed by atoms with Gasteiger partial charge >= 0.3 is 6.03 Å². The highest BCUT2D eigenvalue weighted by molar-refractivity contribution is 6.28. The molecule has 7 N–H and O–H groups in total. The number of carbonyl (C=O) groups is 5. The quantitative estimate of drug-likeness (QED) is 0.0306. The van der Waals surface area contributed by atoms with Gasteiger partial charge in [-0.2, -0.15) is 0 Å². The summed E-state index contributed by atoms with van der Waals surface area (Å²) in [5.41, 5.74) is 0.792. The molecular weight excluding hydrogens is 794 g/mol. The number of urea groups is 1. The van der Waals surface area contributed by atoms with Crippen LogP contribution in [0.3, 0.4) is 0 Å². The van der Waals surface area contributed by atoms with E-state index in [0.29, 0.717) is 136 Å². The molecule has 0 radical (unpaired) electrons. The lowest BCUT2D eigenvalue weighted by Gasteiger charge is -2.42. The second-order valence-electron chi connectivity index (χ2n) is 13.4. The summed E-state index contributed by atoms with van der Waals surface area (Å²) < 4.78 is 44.0. The van der Waals surface area contributed by atoms with Gasteiger partial charge in [0.05, 0.1) is 110 Å². The predicted octanol–water partition coefficient (Wildman–Crippen LogP) is -1.97. The fourth-order valence-electron chi connectivity index (χ4n) is 5.84. The number of carbonyl (C=O) groups excluding carboxylic acids is 5. The number of rotatable bonds is 32. The van der Waals surface area contributed by atoms with E-state index in [1.165, 1.54) is 19.1 Å². The van der Waals surface area contributed by atoms with Crippen LogP contribution < -0.4 is 26.2 Å². The number of anilines is 1. The first-order valence-corrected chi connectivity index (χ1v) is 20.0. The van der Waals surface area contributed by atoms with Gasteiger partial charge in [0.2, 0.25) is 5.91 Å². The minimum absolute atomic E-state index is 0.299. The zero-order valence-corrected chi connectivity index (χ0v) is 34.1. The van der Waals surface area contributed by atoms with E-state index in [-0.39, 0.29) is 17.8 Å². The third kappa shape index (κ3) is 19.5. The van der Waals surface area contributed by atoms with E-state index in [9.17, 15) is 39.3 Å². The van der Waals surface area contributed by atoms with E-state index in [4.69, 9.17) is 37.9 Å². The summed E-state index contributed by atoms with van der Waals surface area (Å²) in [5.74, 6) is -1.50. The highest BCUT2D eigenvalue weighted by Gasteiger charge is 2.44. The van der Waals surface area contributed by atoms with Crippen LogP contribution in [0.15, 0.2) is 36.4 Å². The van der Waals surface area contributed by atoms with Crippen molar-refractivity contribution in [1.82, 2.24) is 21.3 Å². The van der Waals surface area contributed by atoms with Crippen molar-refractivity contribution in [2.75, 3.05) is 124 Å². The fraction of sp³-hybridized carbons (Fsp3) is 0.667. The zero-order valence-electron chi connectivity index (χ0n) is 34.1. The number of aliphatic hydroxyl groups excluding tert-OH is 3. The van der Waals surface area contributed by atoms with E-state index in [2.05, 4.69) is 21.3 Å². The monoisotopic (exact) mass is 855 g/mol. The maximum absolute atomic E-state index is 12.3. The molecule has 0 unspecified atom stereocenters. The first kappa shape index (κ1) is 50.2. The smallest absolute Gasteiger partial charge is 0.314 e. The Bertz CT molecular complexity index is 1440. The second kappa shape index (κ2) is 30.0. The largest absolute Gasteiger partial charge is 0.394 e. The first-order valence-electron chi connectivity index (χ1n) is 20.0. The Kier molecular flexibility index (Phi) is 25.1. The normalized spacial score (nSPS) is 20.1. The van der Waals surface area contributed by atoms with E-state index in [1.54, 1.807) is 24.3 Å². The van der Waals surface area contributed by atoms with Crippen LogP contribution in [0.2, 0.25) is 0 Å². The van der Waals surface area contributed by atoms with Gasteiger partial charge in [-0.25, -0.2) is 9.69 Å². The van der Waals surface area contributed by atoms with Crippen LogP contribution in [0.1, 0.15) is 30.1 Å². The number of nitrogens with zero attached hydrogens (tertiary/aromatic N) is 1. The molecule has 0 aromatic heterocycles. The highest BCUT2D eigenvalue weighted by atomic mass is 16.6. The maximum Gasteiger partial charge on any atom is 0.314 e. The minimum Gasteiger partial charge on any atom is -0.394 e. The topological polar surface area (TPSA) is 271 Å². The van der Waals surface area contributed by atoms with Gasteiger partial charge in [0, 0.05) is 50.9 Å². The van der Waals surface area contributed by atoms with Crippen LogP contribution in [0.25, 0.3) is 0 Å². The Hall–Kier alpha value is -4.13. The number of hydrogen-bond donors (Lipinski definition) is 7. The molecular formula is C39H61N5O16. The number of imide groups is 1. The van der Waals surface area contributed by atoms with Crippen LogP contribution in [-0.2, 0) is 52.3 Å². The molecule has 2 aliphatic heterocycles. The van der Waals surface area contributed by atoms with Gasteiger partial charge in [0.25, 0.3) is 17.7 Å². The standard InChI is InChI=1S/C39H61N5O16/c1-28(46)43-35-31(60-32(27-45)36(49)37(35)50)3-2-13-53-17-18-55-15-11-41-39(52)42-12-16-56-20-22-58-24-26-59-25-23-57-21-19-54-14-10-40-38(51)29-4-6-30(7-5-29)44-33(47)8-9-34(44)48/h4-9,31-32,35-37,45,49-50H,2-3,10-27H2,1H3,(H,40,51)(H,43,46)(H2,41,42,52)/t31-,32-,35+,36+,37-/m1/s1. The molecule has 21 nitrogen and oxygen atoms in total. The molecule has 0 bridgehead atoms. The number of nitrogens with one attached hydrogen (secondary N) is 4. The van der Waals surface area contributed by atoms with Crippen molar-refractivity contribution >= 4 is 35.3 Å². The molecule has 2 heterocycles. The predicted molar refractivity (Wildman–Crippen MR) is 212 cm³/mol. The lowest BCUT2D eigenvalue weighted by Crippen LogP contribution is -2.63. The summed E-state index contributed by atoms with van der Waals surface area (Å²) in [7, 11) is 0. The average Bonchev–Trinajstić information content (AvgIpc) is 3.58. The van der Waals surface area contributed by atoms with Crippen LogP contribution in [0, 0.1) is 0 Å². The van der Waals surface area contributed by atoms with Gasteiger partial charge in [-0.3, -0.25) is 19.2 Å². The molecule has 1 saturated heterocycles. The summed E-state index contributed by atoms with van der Waals surface area (Å²) in [6.45, 7) is 6.82.